The smallest absolute Gasteiger partial charge is 0.225 e. The molecule has 3 rings (SSSR count). The van der Waals surface area contributed by atoms with Gasteiger partial charge < -0.3 is 10.2 Å². The number of carbonyl (C=O) groups is 1. The van der Waals surface area contributed by atoms with Crippen molar-refractivity contribution in [3.05, 3.63) is 65.2 Å². The molecule has 0 saturated carbocycles. The normalized spacial score (nSPS) is 16.2. The van der Waals surface area contributed by atoms with Crippen LogP contribution in [0.5, 0.6) is 0 Å². The van der Waals surface area contributed by atoms with E-state index in [1.165, 1.54) is 5.56 Å². The van der Waals surface area contributed by atoms with Crippen molar-refractivity contribution in [3.8, 4) is 0 Å². The highest BCUT2D eigenvalue weighted by Crippen LogP contribution is 2.13. The van der Waals surface area contributed by atoms with E-state index in [0.29, 0.717) is 6.42 Å². The molecule has 5 heteroatoms. The summed E-state index contributed by atoms with van der Waals surface area (Å²) in [7, 11) is 0. The van der Waals surface area contributed by atoms with Gasteiger partial charge in [0, 0.05) is 43.3 Å². The lowest BCUT2D eigenvalue weighted by Crippen LogP contribution is -2.32. The third-order valence-electron chi connectivity index (χ3n) is 4.71. The minimum absolute atomic E-state index is 0.0819. The lowest BCUT2D eigenvalue weighted by atomic mass is 10.2. The third kappa shape index (κ3) is 6.13. The number of nitrogens with one attached hydrogen (secondary N) is 1. The van der Waals surface area contributed by atoms with Crippen LogP contribution in [0.1, 0.15) is 18.4 Å². The zero-order valence-corrected chi connectivity index (χ0v) is 15.8. The molecular weight excluding hydrogens is 346 g/mol. The highest BCUT2D eigenvalue weighted by molar-refractivity contribution is 6.30. The van der Waals surface area contributed by atoms with Crippen LogP contribution in [-0.2, 0) is 11.3 Å². The van der Waals surface area contributed by atoms with Crippen LogP contribution >= 0.6 is 11.6 Å². The van der Waals surface area contributed by atoms with Crippen LogP contribution in [0.3, 0.4) is 0 Å². The second-order valence-electron chi connectivity index (χ2n) is 6.76. The van der Waals surface area contributed by atoms with E-state index in [2.05, 4.69) is 27.2 Å². The summed E-state index contributed by atoms with van der Waals surface area (Å²) in [6, 6.07) is 17.7. The molecule has 1 heterocycles. The van der Waals surface area contributed by atoms with Gasteiger partial charge in [-0.3, -0.25) is 9.69 Å². The summed E-state index contributed by atoms with van der Waals surface area (Å²) in [5, 5.41) is 3.74. The molecule has 0 radical (unpaired) electrons. The zero-order valence-electron chi connectivity index (χ0n) is 15.0. The summed E-state index contributed by atoms with van der Waals surface area (Å²) >= 11 is 5.96. The Morgan fingerprint density at radius 3 is 2.38 bits per heavy atom. The Bertz CT molecular complexity index is 690. The van der Waals surface area contributed by atoms with Crippen LogP contribution in [0, 0.1) is 0 Å². The number of nitrogens with zero attached hydrogens (tertiary/aromatic N) is 2. The third-order valence-corrected chi connectivity index (χ3v) is 4.97. The number of hydrogen-bond donors (Lipinski definition) is 1. The van der Waals surface area contributed by atoms with Crippen LogP contribution in [0.15, 0.2) is 54.6 Å². The molecule has 1 N–H and O–H groups in total. The largest absolute Gasteiger partial charge is 0.326 e. The molecular formula is C21H26ClN3O. The van der Waals surface area contributed by atoms with Gasteiger partial charge in [0.25, 0.3) is 0 Å². The Labute approximate surface area is 160 Å². The van der Waals surface area contributed by atoms with Crippen molar-refractivity contribution >= 4 is 23.2 Å². The maximum atomic E-state index is 12.1. The minimum Gasteiger partial charge on any atom is -0.326 e. The zero-order chi connectivity index (χ0) is 18.2. The molecule has 1 amide bonds. The molecule has 0 aliphatic carbocycles. The molecule has 2 aromatic rings. The molecule has 1 aliphatic rings. The monoisotopic (exact) mass is 371 g/mol. The number of anilines is 1. The number of benzene rings is 2. The summed E-state index contributed by atoms with van der Waals surface area (Å²) < 4.78 is 0. The lowest BCUT2D eigenvalue weighted by molar-refractivity contribution is -0.116. The van der Waals surface area contributed by atoms with E-state index in [1.807, 2.05) is 42.5 Å². The van der Waals surface area contributed by atoms with E-state index in [0.717, 1.165) is 56.4 Å². The highest BCUT2D eigenvalue weighted by atomic mass is 35.5. The number of halogens is 1. The van der Waals surface area contributed by atoms with E-state index in [9.17, 15) is 4.79 Å². The predicted octanol–water partition coefficient (Wildman–Crippen LogP) is 3.88. The minimum atomic E-state index is 0.0819. The Hall–Kier alpha value is -1.88. The average Bonchev–Trinajstić information content (AvgIpc) is 2.88. The first-order valence-electron chi connectivity index (χ1n) is 9.23. The molecule has 26 heavy (non-hydrogen) atoms. The van der Waals surface area contributed by atoms with Gasteiger partial charge in [0.2, 0.25) is 5.91 Å². The first-order chi connectivity index (χ1) is 12.7. The van der Waals surface area contributed by atoms with Crippen LogP contribution in [0.25, 0.3) is 0 Å². The Kier molecular flexibility index (Phi) is 7.06. The van der Waals surface area contributed by atoms with E-state index < -0.39 is 0 Å². The maximum Gasteiger partial charge on any atom is 0.225 e. The van der Waals surface area contributed by atoms with Gasteiger partial charge in [-0.1, -0.05) is 41.9 Å². The Morgan fingerprint density at radius 2 is 1.62 bits per heavy atom. The van der Waals surface area contributed by atoms with Crippen LogP contribution in [0.2, 0.25) is 5.02 Å². The summed E-state index contributed by atoms with van der Waals surface area (Å²) in [6.45, 7) is 5.95. The second-order valence-corrected chi connectivity index (χ2v) is 7.20. The van der Waals surface area contributed by atoms with Gasteiger partial charge in [0.1, 0.15) is 0 Å². The topological polar surface area (TPSA) is 35.6 Å². The van der Waals surface area contributed by atoms with Crippen molar-refractivity contribution in [2.24, 2.45) is 0 Å². The molecule has 2 aromatic carbocycles. The Morgan fingerprint density at radius 1 is 0.923 bits per heavy atom. The number of hydrogen-bond acceptors (Lipinski definition) is 3. The summed E-state index contributed by atoms with van der Waals surface area (Å²) in [5.74, 6) is 0.0819. The van der Waals surface area contributed by atoms with E-state index in [1.54, 1.807) is 0 Å². The summed E-state index contributed by atoms with van der Waals surface area (Å²) in [5.41, 5.74) is 2.16. The fraction of sp³-hybridized carbons (Fsp3) is 0.381. The first-order valence-corrected chi connectivity index (χ1v) is 9.61. The van der Waals surface area contributed by atoms with Gasteiger partial charge in [-0.2, -0.15) is 0 Å². The van der Waals surface area contributed by atoms with Crippen molar-refractivity contribution in [2.75, 3.05) is 38.0 Å². The van der Waals surface area contributed by atoms with Crippen molar-refractivity contribution in [1.82, 2.24) is 9.80 Å². The molecule has 138 valence electrons. The summed E-state index contributed by atoms with van der Waals surface area (Å²) in [4.78, 5) is 17.0. The van der Waals surface area contributed by atoms with E-state index in [4.69, 9.17) is 11.6 Å². The van der Waals surface area contributed by atoms with Gasteiger partial charge in [0.05, 0.1) is 0 Å². The van der Waals surface area contributed by atoms with Gasteiger partial charge in [-0.05, 0) is 49.3 Å². The molecule has 0 atom stereocenters. The van der Waals surface area contributed by atoms with Crippen molar-refractivity contribution in [3.63, 3.8) is 0 Å². The standard InChI is InChI=1S/C21H26ClN3O/c22-19-9-7-18(8-10-19)17-25-13-4-12-24(15-16-25)14-11-21(26)23-20-5-2-1-3-6-20/h1-3,5-10H,4,11-17H2,(H,23,26). The maximum absolute atomic E-state index is 12.1. The van der Waals surface area contributed by atoms with Crippen LogP contribution < -0.4 is 5.32 Å². The van der Waals surface area contributed by atoms with Gasteiger partial charge in [-0.25, -0.2) is 0 Å². The number of amides is 1. The van der Waals surface area contributed by atoms with E-state index >= 15 is 0 Å². The molecule has 1 saturated heterocycles. The molecule has 4 nitrogen and oxygen atoms in total. The fourth-order valence-corrected chi connectivity index (χ4v) is 3.38. The number of para-hydroxylation sites is 1. The highest BCUT2D eigenvalue weighted by Gasteiger charge is 2.16. The van der Waals surface area contributed by atoms with E-state index in [-0.39, 0.29) is 5.91 Å². The van der Waals surface area contributed by atoms with Crippen molar-refractivity contribution in [1.29, 1.82) is 0 Å². The molecule has 0 aromatic heterocycles. The number of carbonyl (C=O) groups excluding carboxylic acids is 1. The average molecular weight is 372 g/mol. The lowest BCUT2D eigenvalue weighted by Gasteiger charge is -2.21. The number of rotatable bonds is 6. The predicted molar refractivity (Wildman–Crippen MR) is 107 cm³/mol. The first kappa shape index (κ1) is 18.9. The summed E-state index contributed by atoms with van der Waals surface area (Å²) in [6.07, 6.45) is 1.67. The quantitative estimate of drug-likeness (QED) is 0.837. The van der Waals surface area contributed by atoms with Gasteiger partial charge in [-0.15, -0.1) is 0 Å². The second kappa shape index (κ2) is 9.72. The van der Waals surface area contributed by atoms with Crippen LogP contribution in [0.4, 0.5) is 5.69 Å². The molecule has 1 fully saturated rings. The SMILES string of the molecule is O=C(CCN1CCCN(Cc2ccc(Cl)cc2)CC1)Nc1ccccc1. The van der Waals surface area contributed by atoms with Crippen molar-refractivity contribution < 1.29 is 4.79 Å². The molecule has 1 aliphatic heterocycles. The molecule has 0 unspecified atom stereocenters. The van der Waals surface area contributed by atoms with Crippen LogP contribution in [-0.4, -0.2) is 48.4 Å². The van der Waals surface area contributed by atoms with Gasteiger partial charge >= 0.3 is 0 Å². The Balaban J connectivity index is 1.40. The van der Waals surface area contributed by atoms with Crippen molar-refractivity contribution in [2.45, 2.75) is 19.4 Å². The fourth-order valence-electron chi connectivity index (χ4n) is 3.26. The molecule has 0 spiro atoms. The van der Waals surface area contributed by atoms with Gasteiger partial charge in [0.15, 0.2) is 0 Å². The molecule has 0 bridgehead atoms.